The number of H-pyrrole nitrogens is 1. The summed E-state index contributed by atoms with van der Waals surface area (Å²) >= 11 is 1.25. The highest BCUT2D eigenvalue weighted by Gasteiger charge is 2.31. The highest BCUT2D eigenvalue weighted by Crippen LogP contribution is 2.27. The van der Waals surface area contributed by atoms with Crippen molar-refractivity contribution >= 4 is 34.1 Å². The molecular formula is C24H21FN4O2S. The second-order valence-electron chi connectivity index (χ2n) is 7.90. The second kappa shape index (κ2) is 8.20. The van der Waals surface area contributed by atoms with Crippen LogP contribution in [0.2, 0.25) is 0 Å². The van der Waals surface area contributed by atoms with E-state index in [0.717, 1.165) is 10.9 Å². The van der Waals surface area contributed by atoms with Crippen molar-refractivity contribution in [3.63, 3.8) is 0 Å². The summed E-state index contributed by atoms with van der Waals surface area (Å²) in [6.07, 6.45) is 1.85. The average molecular weight is 449 g/mol. The van der Waals surface area contributed by atoms with E-state index in [1.54, 1.807) is 33.4 Å². The van der Waals surface area contributed by atoms with E-state index in [1.807, 2.05) is 37.4 Å². The molecular weight excluding hydrogens is 427 g/mol. The first-order chi connectivity index (χ1) is 15.5. The maximum Gasteiger partial charge on any atom is 0.273 e. The van der Waals surface area contributed by atoms with Gasteiger partial charge < -0.3 is 14.8 Å². The summed E-state index contributed by atoms with van der Waals surface area (Å²) in [6.45, 7) is 3.23. The first-order valence-corrected chi connectivity index (χ1v) is 11.3. The van der Waals surface area contributed by atoms with E-state index < -0.39 is 0 Å². The van der Waals surface area contributed by atoms with Crippen LogP contribution in [0.5, 0.6) is 0 Å². The van der Waals surface area contributed by atoms with Gasteiger partial charge in [-0.1, -0.05) is 18.2 Å². The maximum atomic E-state index is 14.0. The zero-order valence-electron chi connectivity index (χ0n) is 17.4. The second-order valence-corrected chi connectivity index (χ2v) is 8.75. The van der Waals surface area contributed by atoms with Gasteiger partial charge in [-0.2, -0.15) is 0 Å². The lowest BCUT2D eigenvalue weighted by Gasteiger charge is -2.39. The molecule has 1 fully saturated rings. The van der Waals surface area contributed by atoms with Crippen molar-refractivity contribution in [2.24, 2.45) is 0 Å². The van der Waals surface area contributed by atoms with E-state index >= 15 is 0 Å². The molecule has 0 unspecified atom stereocenters. The predicted octanol–water partition coefficient (Wildman–Crippen LogP) is 4.42. The molecule has 8 heteroatoms. The van der Waals surface area contributed by atoms with Crippen molar-refractivity contribution in [2.75, 3.05) is 19.6 Å². The highest BCUT2D eigenvalue weighted by molar-refractivity contribution is 7.13. The van der Waals surface area contributed by atoms with Crippen molar-refractivity contribution in [1.82, 2.24) is 19.8 Å². The van der Waals surface area contributed by atoms with Crippen LogP contribution in [-0.2, 0) is 0 Å². The quantitative estimate of drug-likeness (QED) is 0.505. The molecule has 2 aromatic heterocycles. The van der Waals surface area contributed by atoms with Gasteiger partial charge in [0.15, 0.2) is 0 Å². The van der Waals surface area contributed by atoms with Gasteiger partial charge in [0, 0.05) is 53.9 Å². The molecule has 162 valence electrons. The van der Waals surface area contributed by atoms with Crippen LogP contribution >= 0.6 is 11.3 Å². The summed E-state index contributed by atoms with van der Waals surface area (Å²) in [4.78, 5) is 37.1. The summed E-state index contributed by atoms with van der Waals surface area (Å²) in [5, 5.41) is 3.20. The molecule has 1 atom stereocenters. The molecule has 1 N–H and O–H groups in total. The Balaban J connectivity index is 1.28. The molecule has 5 rings (SSSR count). The normalized spacial score (nSPS) is 16.5. The van der Waals surface area contributed by atoms with Crippen molar-refractivity contribution in [2.45, 2.75) is 13.0 Å². The fourth-order valence-corrected chi connectivity index (χ4v) is 4.90. The average Bonchev–Trinajstić information content (AvgIpc) is 3.47. The minimum Gasteiger partial charge on any atom is -0.361 e. The van der Waals surface area contributed by atoms with E-state index in [-0.39, 0.29) is 23.7 Å². The van der Waals surface area contributed by atoms with Crippen LogP contribution in [0, 0.1) is 5.82 Å². The smallest absolute Gasteiger partial charge is 0.273 e. The van der Waals surface area contributed by atoms with Gasteiger partial charge in [0.2, 0.25) is 0 Å². The zero-order valence-corrected chi connectivity index (χ0v) is 18.2. The summed E-state index contributed by atoms with van der Waals surface area (Å²) in [5.74, 6) is -0.605. The molecule has 2 aromatic carbocycles. The number of carbonyl (C=O) groups is 2. The first kappa shape index (κ1) is 20.4. The van der Waals surface area contributed by atoms with Gasteiger partial charge in [-0.05, 0) is 42.6 Å². The Morgan fingerprint density at radius 3 is 2.78 bits per heavy atom. The Bertz CT molecular complexity index is 1310. The Labute approximate surface area is 188 Å². The van der Waals surface area contributed by atoms with Gasteiger partial charge in [0.05, 0.1) is 0 Å². The van der Waals surface area contributed by atoms with Crippen LogP contribution in [0.25, 0.3) is 21.5 Å². The number of benzene rings is 2. The minimum absolute atomic E-state index is 0.0448. The molecule has 32 heavy (non-hydrogen) atoms. The number of aromatic amines is 1. The Morgan fingerprint density at radius 1 is 1.12 bits per heavy atom. The van der Waals surface area contributed by atoms with Crippen molar-refractivity contribution in [3.05, 3.63) is 77.2 Å². The molecule has 3 heterocycles. The molecule has 1 aliphatic heterocycles. The summed E-state index contributed by atoms with van der Waals surface area (Å²) in [5.41, 5.74) is 2.24. The molecule has 0 spiro atoms. The molecule has 1 aliphatic rings. The standard InChI is InChI=1S/C24H21FN4O2S/c1-15-13-28(24(31)21-14-32-22(27-21)18-4-2-3-5-19(18)25)10-11-29(15)23(30)17-7-6-16-8-9-26-20(16)12-17/h2-9,12,14-15,26H,10-11,13H2,1H3/t15-/m0/s1. The van der Waals surface area contributed by atoms with E-state index in [4.69, 9.17) is 0 Å². The van der Waals surface area contributed by atoms with Crippen molar-refractivity contribution < 1.29 is 14.0 Å². The number of nitrogens with zero attached hydrogens (tertiary/aromatic N) is 3. The maximum absolute atomic E-state index is 14.0. The molecule has 4 aromatic rings. The minimum atomic E-state index is -0.362. The van der Waals surface area contributed by atoms with Gasteiger partial charge in [-0.3, -0.25) is 9.59 Å². The number of rotatable bonds is 3. The monoisotopic (exact) mass is 448 g/mol. The Morgan fingerprint density at radius 2 is 1.97 bits per heavy atom. The van der Waals surface area contributed by atoms with E-state index in [0.29, 0.717) is 41.5 Å². The molecule has 0 saturated carbocycles. The molecule has 1 saturated heterocycles. The molecule has 0 radical (unpaired) electrons. The van der Waals surface area contributed by atoms with E-state index in [2.05, 4.69) is 9.97 Å². The van der Waals surface area contributed by atoms with Gasteiger partial charge in [0.25, 0.3) is 11.8 Å². The third kappa shape index (κ3) is 3.67. The predicted molar refractivity (Wildman–Crippen MR) is 122 cm³/mol. The SMILES string of the molecule is C[C@H]1CN(C(=O)c2csc(-c3ccccc3F)n2)CCN1C(=O)c1ccc2cc[nH]c2c1. The van der Waals surface area contributed by atoms with Crippen LogP contribution in [0.1, 0.15) is 27.8 Å². The Kier molecular flexibility index (Phi) is 5.22. The lowest BCUT2D eigenvalue weighted by molar-refractivity contribution is 0.0412. The molecule has 0 aliphatic carbocycles. The first-order valence-electron chi connectivity index (χ1n) is 10.4. The molecule has 6 nitrogen and oxygen atoms in total. The van der Waals surface area contributed by atoms with E-state index in [9.17, 15) is 14.0 Å². The molecule has 0 bridgehead atoms. The van der Waals surface area contributed by atoms with Crippen molar-refractivity contribution in [3.8, 4) is 10.6 Å². The number of hydrogen-bond acceptors (Lipinski definition) is 4. The Hall–Kier alpha value is -3.52. The van der Waals surface area contributed by atoms with Crippen LogP contribution < -0.4 is 0 Å². The number of hydrogen-bond donors (Lipinski definition) is 1. The number of nitrogens with one attached hydrogen (secondary N) is 1. The molecule has 2 amide bonds. The summed E-state index contributed by atoms with van der Waals surface area (Å²) < 4.78 is 14.0. The summed E-state index contributed by atoms with van der Waals surface area (Å²) in [7, 11) is 0. The fraction of sp³-hybridized carbons (Fsp3) is 0.208. The number of halogens is 1. The third-order valence-corrected chi connectivity index (χ3v) is 6.68. The number of piperazine rings is 1. The van der Waals surface area contributed by atoms with Crippen LogP contribution in [0.15, 0.2) is 60.1 Å². The largest absolute Gasteiger partial charge is 0.361 e. The lowest BCUT2D eigenvalue weighted by Crippen LogP contribution is -2.55. The highest BCUT2D eigenvalue weighted by atomic mass is 32.1. The summed E-state index contributed by atoms with van der Waals surface area (Å²) in [6, 6.07) is 13.9. The van der Waals surface area contributed by atoms with E-state index in [1.165, 1.54) is 17.4 Å². The van der Waals surface area contributed by atoms with Gasteiger partial charge >= 0.3 is 0 Å². The lowest BCUT2D eigenvalue weighted by atomic mass is 10.1. The van der Waals surface area contributed by atoms with Gasteiger partial charge in [-0.15, -0.1) is 11.3 Å². The fourth-order valence-electron chi connectivity index (χ4n) is 4.08. The third-order valence-electron chi connectivity index (χ3n) is 5.81. The van der Waals surface area contributed by atoms with Crippen LogP contribution in [0.3, 0.4) is 0 Å². The van der Waals surface area contributed by atoms with Gasteiger partial charge in [-0.25, -0.2) is 9.37 Å². The number of thiazole rings is 1. The van der Waals surface area contributed by atoms with Crippen LogP contribution in [0.4, 0.5) is 4.39 Å². The topological polar surface area (TPSA) is 69.3 Å². The van der Waals surface area contributed by atoms with Crippen LogP contribution in [-0.4, -0.2) is 57.3 Å². The number of amides is 2. The number of carbonyl (C=O) groups excluding carboxylic acids is 2. The number of fused-ring (bicyclic) bond motifs is 1. The zero-order chi connectivity index (χ0) is 22.2. The van der Waals surface area contributed by atoms with Gasteiger partial charge in [0.1, 0.15) is 16.5 Å². The number of aromatic nitrogens is 2. The van der Waals surface area contributed by atoms with Crippen molar-refractivity contribution in [1.29, 1.82) is 0 Å².